The number of hydrogen-bond acceptors (Lipinski definition) is 4. The number of thiazole rings is 1. The molecule has 1 fully saturated rings. The van der Waals surface area contributed by atoms with Crippen LogP contribution >= 0.6 is 23.1 Å². The second-order valence-electron chi connectivity index (χ2n) is 4.46. The Labute approximate surface area is 106 Å². The third-order valence-corrected chi connectivity index (χ3v) is 5.32. The highest BCUT2D eigenvalue weighted by atomic mass is 32.2. The zero-order valence-corrected chi connectivity index (χ0v) is 11.7. The molecule has 1 aromatic rings. The van der Waals surface area contributed by atoms with Crippen molar-refractivity contribution in [2.24, 2.45) is 0 Å². The summed E-state index contributed by atoms with van der Waals surface area (Å²) in [5.41, 5.74) is 1.16. The van der Waals surface area contributed by atoms with E-state index in [1.54, 1.807) is 11.3 Å². The van der Waals surface area contributed by atoms with Crippen LogP contribution in [0.1, 0.15) is 38.3 Å². The van der Waals surface area contributed by atoms with Gasteiger partial charge in [0.05, 0.1) is 0 Å². The Kier molecular flexibility index (Phi) is 4.67. The Morgan fingerprint density at radius 3 is 3.12 bits per heavy atom. The van der Waals surface area contributed by atoms with Crippen LogP contribution in [-0.2, 0) is 0 Å². The fourth-order valence-electron chi connectivity index (χ4n) is 2.11. The van der Waals surface area contributed by atoms with Crippen molar-refractivity contribution in [3.05, 3.63) is 11.1 Å². The van der Waals surface area contributed by atoms with Gasteiger partial charge in [-0.2, -0.15) is 0 Å². The number of nitrogens with zero attached hydrogens (tertiary/aromatic N) is 1. The summed E-state index contributed by atoms with van der Waals surface area (Å²) in [5.74, 6) is 0. The SMILES string of the molecule is CCCNC1CCC(Sc2nc(C)cs2)C1. The van der Waals surface area contributed by atoms with Crippen LogP contribution in [0.5, 0.6) is 0 Å². The number of aryl methyl sites for hydroxylation is 1. The largest absolute Gasteiger partial charge is 0.314 e. The lowest BCUT2D eigenvalue weighted by atomic mass is 10.2. The summed E-state index contributed by atoms with van der Waals surface area (Å²) in [4.78, 5) is 4.52. The molecule has 0 bridgehead atoms. The Morgan fingerprint density at radius 1 is 1.56 bits per heavy atom. The van der Waals surface area contributed by atoms with Gasteiger partial charge in [-0.25, -0.2) is 4.98 Å². The fraction of sp³-hybridized carbons (Fsp3) is 0.750. The second-order valence-corrected chi connectivity index (χ2v) is 6.86. The lowest BCUT2D eigenvalue weighted by molar-refractivity contribution is 0.524. The van der Waals surface area contributed by atoms with Gasteiger partial charge in [-0.05, 0) is 39.2 Å². The van der Waals surface area contributed by atoms with Gasteiger partial charge < -0.3 is 5.32 Å². The van der Waals surface area contributed by atoms with Crippen LogP contribution in [0.3, 0.4) is 0 Å². The molecule has 0 spiro atoms. The van der Waals surface area contributed by atoms with Gasteiger partial charge in [0.15, 0.2) is 0 Å². The van der Waals surface area contributed by atoms with E-state index in [0.29, 0.717) is 0 Å². The minimum atomic E-state index is 0.749. The Hall–Kier alpha value is -0.0600. The maximum atomic E-state index is 4.52. The summed E-state index contributed by atoms with van der Waals surface area (Å²) in [7, 11) is 0. The van der Waals surface area contributed by atoms with Gasteiger partial charge in [0.1, 0.15) is 4.34 Å². The second kappa shape index (κ2) is 6.03. The molecule has 1 N–H and O–H groups in total. The first kappa shape index (κ1) is 12.4. The summed E-state index contributed by atoms with van der Waals surface area (Å²) < 4.78 is 1.25. The standard InChI is InChI=1S/C12H20N2S2/c1-3-6-13-10-4-5-11(7-10)16-12-14-9(2)8-15-12/h8,10-11,13H,3-7H2,1-2H3. The lowest BCUT2D eigenvalue weighted by Crippen LogP contribution is -2.27. The highest BCUT2D eigenvalue weighted by molar-refractivity contribution is 8.01. The number of rotatable bonds is 5. The van der Waals surface area contributed by atoms with Crippen molar-refractivity contribution in [3.63, 3.8) is 0 Å². The van der Waals surface area contributed by atoms with Gasteiger partial charge in [-0.1, -0.05) is 18.7 Å². The number of hydrogen-bond donors (Lipinski definition) is 1. The van der Waals surface area contributed by atoms with Gasteiger partial charge in [-0.3, -0.25) is 0 Å². The van der Waals surface area contributed by atoms with Crippen molar-refractivity contribution in [2.75, 3.05) is 6.54 Å². The highest BCUT2D eigenvalue weighted by Crippen LogP contribution is 2.36. The maximum Gasteiger partial charge on any atom is 0.150 e. The van der Waals surface area contributed by atoms with E-state index < -0.39 is 0 Å². The fourth-order valence-corrected chi connectivity index (χ4v) is 4.47. The van der Waals surface area contributed by atoms with E-state index in [1.807, 2.05) is 11.8 Å². The third-order valence-electron chi connectivity index (χ3n) is 2.93. The van der Waals surface area contributed by atoms with Crippen molar-refractivity contribution in [3.8, 4) is 0 Å². The molecule has 1 aliphatic carbocycles. The molecule has 2 rings (SSSR count). The topological polar surface area (TPSA) is 24.9 Å². The molecular formula is C12H20N2S2. The average molecular weight is 256 g/mol. The average Bonchev–Trinajstić information content (AvgIpc) is 2.86. The van der Waals surface area contributed by atoms with E-state index in [0.717, 1.165) is 17.0 Å². The molecular weight excluding hydrogens is 236 g/mol. The Bertz CT molecular complexity index is 325. The molecule has 2 atom stereocenters. The van der Waals surface area contributed by atoms with Crippen molar-refractivity contribution in [1.29, 1.82) is 0 Å². The first-order valence-electron chi connectivity index (χ1n) is 6.10. The minimum Gasteiger partial charge on any atom is -0.314 e. The van der Waals surface area contributed by atoms with Gasteiger partial charge in [0.2, 0.25) is 0 Å². The van der Waals surface area contributed by atoms with E-state index in [9.17, 15) is 0 Å². The quantitative estimate of drug-likeness (QED) is 0.873. The van der Waals surface area contributed by atoms with Crippen LogP contribution in [0, 0.1) is 6.92 Å². The van der Waals surface area contributed by atoms with Crippen LogP contribution in [-0.4, -0.2) is 22.8 Å². The number of nitrogens with one attached hydrogen (secondary N) is 1. The van der Waals surface area contributed by atoms with Gasteiger partial charge in [-0.15, -0.1) is 11.3 Å². The molecule has 1 aromatic heterocycles. The summed E-state index contributed by atoms with van der Waals surface area (Å²) in [6.45, 7) is 5.46. The molecule has 2 unspecified atom stereocenters. The highest BCUT2D eigenvalue weighted by Gasteiger charge is 2.25. The molecule has 2 nitrogen and oxygen atoms in total. The zero-order valence-electron chi connectivity index (χ0n) is 10.0. The predicted octanol–water partition coefficient (Wildman–Crippen LogP) is 3.46. The van der Waals surface area contributed by atoms with E-state index in [-0.39, 0.29) is 0 Å². The molecule has 1 aliphatic rings. The molecule has 0 aliphatic heterocycles. The summed E-state index contributed by atoms with van der Waals surface area (Å²) in [6.07, 6.45) is 5.22. The van der Waals surface area contributed by atoms with Crippen molar-refractivity contribution in [2.45, 2.75) is 55.2 Å². The third kappa shape index (κ3) is 3.47. The smallest absolute Gasteiger partial charge is 0.150 e. The molecule has 0 amide bonds. The van der Waals surface area contributed by atoms with Crippen molar-refractivity contribution in [1.82, 2.24) is 10.3 Å². The van der Waals surface area contributed by atoms with E-state index >= 15 is 0 Å². The molecule has 0 aromatic carbocycles. The minimum absolute atomic E-state index is 0.749. The number of thioether (sulfide) groups is 1. The van der Waals surface area contributed by atoms with Crippen LogP contribution < -0.4 is 5.32 Å². The normalized spacial score (nSPS) is 25.1. The van der Waals surface area contributed by atoms with Gasteiger partial charge in [0.25, 0.3) is 0 Å². The molecule has 0 radical (unpaired) electrons. The van der Waals surface area contributed by atoms with E-state index in [2.05, 4.69) is 29.5 Å². The van der Waals surface area contributed by atoms with Crippen LogP contribution in [0.25, 0.3) is 0 Å². The molecule has 90 valence electrons. The van der Waals surface area contributed by atoms with Crippen molar-refractivity contribution >= 4 is 23.1 Å². The summed E-state index contributed by atoms with van der Waals surface area (Å²) in [5, 5.41) is 6.54. The monoisotopic (exact) mass is 256 g/mol. The zero-order chi connectivity index (χ0) is 11.4. The number of aromatic nitrogens is 1. The molecule has 4 heteroatoms. The van der Waals surface area contributed by atoms with Crippen molar-refractivity contribution < 1.29 is 0 Å². The predicted molar refractivity (Wildman–Crippen MR) is 72.4 cm³/mol. The molecule has 16 heavy (non-hydrogen) atoms. The summed E-state index contributed by atoms with van der Waals surface area (Å²) in [6, 6.07) is 0.749. The lowest BCUT2D eigenvalue weighted by Gasteiger charge is -2.11. The molecule has 1 heterocycles. The maximum absolute atomic E-state index is 4.52. The van der Waals surface area contributed by atoms with E-state index in [4.69, 9.17) is 0 Å². The first-order chi connectivity index (χ1) is 7.78. The molecule has 1 saturated carbocycles. The Morgan fingerprint density at radius 2 is 2.44 bits per heavy atom. The van der Waals surface area contributed by atoms with Crippen LogP contribution in [0.15, 0.2) is 9.72 Å². The van der Waals surface area contributed by atoms with Gasteiger partial charge >= 0.3 is 0 Å². The van der Waals surface area contributed by atoms with E-state index in [1.165, 1.54) is 36.6 Å². The van der Waals surface area contributed by atoms with Gasteiger partial charge in [0, 0.05) is 22.4 Å². The molecule has 0 saturated heterocycles. The van der Waals surface area contributed by atoms with Crippen LogP contribution in [0.4, 0.5) is 0 Å². The summed E-state index contributed by atoms with van der Waals surface area (Å²) >= 11 is 3.76. The first-order valence-corrected chi connectivity index (χ1v) is 7.86. The Balaban J connectivity index is 1.76. The van der Waals surface area contributed by atoms with Crippen LogP contribution in [0.2, 0.25) is 0 Å².